The van der Waals surface area contributed by atoms with E-state index in [1.165, 1.54) is 29.3 Å². The number of carbonyl (C=O) groups is 1. The molecule has 21 heavy (non-hydrogen) atoms. The van der Waals surface area contributed by atoms with Gasteiger partial charge in [-0.3, -0.25) is 4.79 Å². The van der Waals surface area contributed by atoms with Gasteiger partial charge in [-0.25, -0.2) is 4.39 Å². The van der Waals surface area contributed by atoms with Crippen LogP contribution in [0.25, 0.3) is 0 Å². The Morgan fingerprint density at radius 1 is 1.14 bits per heavy atom. The molecule has 0 aromatic heterocycles. The molecule has 4 heteroatoms. The molecule has 2 aromatic carbocycles. The van der Waals surface area contributed by atoms with Crippen molar-refractivity contribution in [3.05, 3.63) is 63.9 Å². The van der Waals surface area contributed by atoms with Crippen LogP contribution in [0.2, 0.25) is 5.02 Å². The number of benzene rings is 2. The van der Waals surface area contributed by atoms with Crippen molar-refractivity contribution in [1.29, 1.82) is 0 Å². The van der Waals surface area contributed by atoms with E-state index in [2.05, 4.69) is 31.3 Å². The van der Waals surface area contributed by atoms with Gasteiger partial charge in [0.1, 0.15) is 5.82 Å². The summed E-state index contributed by atoms with van der Waals surface area (Å²) in [5.41, 5.74) is 4.10. The Hall–Kier alpha value is -1.87. The lowest BCUT2D eigenvalue weighted by Crippen LogP contribution is -2.12. The van der Waals surface area contributed by atoms with Crippen LogP contribution < -0.4 is 5.32 Å². The molecular weight excluding hydrogens is 289 g/mol. The Morgan fingerprint density at radius 2 is 1.90 bits per heavy atom. The quantitative estimate of drug-likeness (QED) is 0.874. The zero-order chi connectivity index (χ0) is 15.4. The van der Waals surface area contributed by atoms with Crippen molar-refractivity contribution in [3.8, 4) is 0 Å². The average molecular weight is 306 g/mol. The minimum atomic E-state index is -0.496. The Labute approximate surface area is 128 Å². The molecule has 0 fully saturated rings. The molecule has 1 amide bonds. The second kappa shape index (κ2) is 6.72. The van der Waals surface area contributed by atoms with Gasteiger partial charge >= 0.3 is 0 Å². The zero-order valence-corrected chi connectivity index (χ0v) is 12.8. The standard InChI is InChI=1S/C17H17ClFNO/c1-11-3-4-13(9-12(11)2)5-8-17(21)20-14-6-7-16(19)15(18)10-14/h3-4,6-7,9-10H,5,8H2,1-2H3,(H,20,21). The monoisotopic (exact) mass is 305 g/mol. The molecule has 0 heterocycles. The number of anilines is 1. The molecule has 110 valence electrons. The van der Waals surface area contributed by atoms with Gasteiger partial charge in [-0.2, -0.15) is 0 Å². The van der Waals surface area contributed by atoms with E-state index >= 15 is 0 Å². The second-order valence-electron chi connectivity index (χ2n) is 5.10. The Kier molecular flexibility index (Phi) is 4.97. The lowest BCUT2D eigenvalue weighted by Gasteiger charge is -2.07. The van der Waals surface area contributed by atoms with E-state index in [1.54, 1.807) is 0 Å². The first-order chi connectivity index (χ1) is 9.95. The maximum atomic E-state index is 13.0. The summed E-state index contributed by atoms with van der Waals surface area (Å²) in [7, 11) is 0. The van der Waals surface area contributed by atoms with Gasteiger partial charge in [0.25, 0.3) is 0 Å². The molecule has 0 aliphatic heterocycles. The van der Waals surface area contributed by atoms with Crippen molar-refractivity contribution in [3.63, 3.8) is 0 Å². The molecule has 0 unspecified atom stereocenters. The minimum absolute atomic E-state index is 0.00181. The molecule has 2 nitrogen and oxygen atoms in total. The van der Waals surface area contributed by atoms with E-state index in [4.69, 9.17) is 11.6 Å². The first-order valence-electron chi connectivity index (χ1n) is 6.77. The molecule has 0 aliphatic carbocycles. The highest BCUT2D eigenvalue weighted by Gasteiger charge is 2.06. The number of halogens is 2. The van der Waals surface area contributed by atoms with Crippen LogP contribution in [0.5, 0.6) is 0 Å². The smallest absolute Gasteiger partial charge is 0.224 e. The summed E-state index contributed by atoms with van der Waals surface area (Å²) in [5.74, 6) is -0.610. The fourth-order valence-corrected chi connectivity index (χ4v) is 2.19. The molecule has 0 spiro atoms. The van der Waals surface area contributed by atoms with Crippen LogP contribution in [0.15, 0.2) is 36.4 Å². The van der Waals surface area contributed by atoms with Crippen molar-refractivity contribution < 1.29 is 9.18 Å². The van der Waals surface area contributed by atoms with E-state index in [1.807, 2.05) is 6.07 Å². The van der Waals surface area contributed by atoms with Crippen molar-refractivity contribution >= 4 is 23.2 Å². The SMILES string of the molecule is Cc1ccc(CCC(=O)Nc2ccc(F)c(Cl)c2)cc1C. The molecular formula is C17H17ClFNO. The van der Waals surface area contributed by atoms with E-state index in [0.717, 1.165) is 5.56 Å². The summed E-state index contributed by atoms with van der Waals surface area (Å²) >= 11 is 5.68. The molecule has 0 aliphatic rings. The molecule has 0 saturated carbocycles. The minimum Gasteiger partial charge on any atom is -0.326 e. The molecule has 0 bridgehead atoms. The Balaban J connectivity index is 1.92. The highest BCUT2D eigenvalue weighted by molar-refractivity contribution is 6.31. The first-order valence-corrected chi connectivity index (χ1v) is 7.14. The molecule has 2 rings (SSSR count). The van der Waals surface area contributed by atoms with Crippen LogP contribution in [0.3, 0.4) is 0 Å². The largest absolute Gasteiger partial charge is 0.326 e. The highest BCUT2D eigenvalue weighted by atomic mass is 35.5. The first kappa shape index (κ1) is 15.5. The van der Waals surface area contributed by atoms with Gasteiger partial charge in [0.05, 0.1) is 5.02 Å². The number of aryl methyl sites for hydroxylation is 3. The van der Waals surface area contributed by atoms with Crippen LogP contribution in [0.4, 0.5) is 10.1 Å². The van der Waals surface area contributed by atoms with Gasteiger partial charge in [0.2, 0.25) is 5.91 Å². The fourth-order valence-electron chi connectivity index (χ4n) is 2.01. The van der Waals surface area contributed by atoms with E-state index in [9.17, 15) is 9.18 Å². The van der Waals surface area contributed by atoms with Gasteiger partial charge in [-0.1, -0.05) is 29.8 Å². The highest BCUT2D eigenvalue weighted by Crippen LogP contribution is 2.19. The van der Waals surface area contributed by atoms with Crippen LogP contribution in [-0.2, 0) is 11.2 Å². The third-order valence-electron chi connectivity index (χ3n) is 3.42. The van der Waals surface area contributed by atoms with Crippen LogP contribution in [0, 0.1) is 19.7 Å². The maximum Gasteiger partial charge on any atom is 0.224 e. The van der Waals surface area contributed by atoms with Gasteiger partial charge in [0.15, 0.2) is 0 Å². The number of hydrogen-bond donors (Lipinski definition) is 1. The van der Waals surface area contributed by atoms with Gasteiger partial charge < -0.3 is 5.32 Å². The summed E-state index contributed by atoms with van der Waals surface area (Å²) < 4.78 is 13.0. The van der Waals surface area contributed by atoms with Crippen LogP contribution in [0.1, 0.15) is 23.1 Å². The third-order valence-corrected chi connectivity index (χ3v) is 3.71. The molecule has 0 radical (unpaired) electrons. The number of nitrogens with one attached hydrogen (secondary N) is 1. The molecule has 0 saturated heterocycles. The Bertz CT molecular complexity index is 670. The number of carbonyl (C=O) groups excluding carboxylic acids is 1. The molecule has 1 N–H and O–H groups in total. The maximum absolute atomic E-state index is 13.0. The lowest BCUT2D eigenvalue weighted by atomic mass is 10.0. The van der Waals surface area contributed by atoms with Crippen LogP contribution in [-0.4, -0.2) is 5.91 Å². The fraction of sp³-hybridized carbons (Fsp3) is 0.235. The van der Waals surface area contributed by atoms with Crippen molar-refractivity contribution in [2.45, 2.75) is 26.7 Å². The number of amides is 1. The lowest BCUT2D eigenvalue weighted by molar-refractivity contribution is -0.116. The predicted octanol–water partition coefficient (Wildman–Crippen LogP) is 4.67. The second-order valence-corrected chi connectivity index (χ2v) is 5.50. The van der Waals surface area contributed by atoms with Crippen molar-refractivity contribution in [2.24, 2.45) is 0 Å². The van der Waals surface area contributed by atoms with E-state index < -0.39 is 5.82 Å². The predicted molar refractivity (Wildman–Crippen MR) is 84.3 cm³/mol. The normalized spacial score (nSPS) is 10.5. The Morgan fingerprint density at radius 3 is 2.57 bits per heavy atom. The summed E-state index contributed by atoms with van der Waals surface area (Å²) in [6, 6.07) is 10.3. The summed E-state index contributed by atoms with van der Waals surface area (Å²) in [5, 5.41) is 2.72. The van der Waals surface area contributed by atoms with E-state index in [0.29, 0.717) is 18.5 Å². The molecule has 0 atom stereocenters. The topological polar surface area (TPSA) is 29.1 Å². The average Bonchev–Trinajstić information content (AvgIpc) is 2.44. The van der Waals surface area contributed by atoms with Crippen molar-refractivity contribution in [1.82, 2.24) is 0 Å². The number of rotatable bonds is 4. The van der Waals surface area contributed by atoms with Gasteiger partial charge in [-0.15, -0.1) is 0 Å². The number of hydrogen-bond acceptors (Lipinski definition) is 1. The summed E-state index contributed by atoms with van der Waals surface area (Å²) in [6.45, 7) is 4.11. The summed E-state index contributed by atoms with van der Waals surface area (Å²) in [4.78, 5) is 11.9. The van der Waals surface area contributed by atoms with Crippen LogP contribution >= 0.6 is 11.6 Å². The van der Waals surface area contributed by atoms with Crippen molar-refractivity contribution in [2.75, 3.05) is 5.32 Å². The summed E-state index contributed by atoms with van der Waals surface area (Å²) in [6.07, 6.45) is 1.04. The van der Waals surface area contributed by atoms with Gasteiger partial charge in [-0.05, 0) is 55.2 Å². The molecule has 2 aromatic rings. The van der Waals surface area contributed by atoms with E-state index in [-0.39, 0.29) is 10.9 Å². The zero-order valence-electron chi connectivity index (χ0n) is 12.0. The third kappa shape index (κ3) is 4.30. The van der Waals surface area contributed by atoms with Gasteiger partial charge in [0, 0.05) is 12.1 Å².